The van der Waals surface area contributed by atoms with Gasteiger partial charge in [-0.05, 0) is 54.8 Å². The van der Waals surface area contributed by atoms with Gasteiger partial charge in [0, 0.05) is 6.08 Å². The van der Waals surface area contributed by atoms with Gasteiger partial charge in [0.05, 0.1) is 24.4 Å². The highest BCUT2D eigenvalue weighted by molar-refractivity contribution is 7.22. The number of amides is 1. The number of ether oxygens (including phenoxy) is 2. The third kappa shape index (κ3) is 3.86. The molecule has 0 saturated carbocycles. The molecule has 134 valence electrons. The van der Waals surface area contributed by atoms with E-state index in [0.29, 0.717) is 16.6 Å². The van der Waals surface area contributed by atoms with Crippen LogP contribution in [0.4, 0.5) is 5.13 Å². The fourth-order valence-corrected chi connectivity index (χ4v) is 3.62. The topological polar surface area (TPSA) is 60.5 Å². The van der Waals surface area contributed by atoms with E-state index in [1.54, 1.807) is 26.4 Å². The summed E-state index contributed by atoms with van der Waals surface area (Å²) in [6, 6.07) is 9.60. The van der Waals surface area contributed by atoms with Gasteiger partial charge >= 0.3 is 0 Å². The maximum Gasteiger partial charge on any atom is 0.250 e. The lowest BCUT2D eigenvalue weighted by atomic mass is 10.1. The zero-order chi connectivity index (χ0) is 18.7. The predicted octanol–water partition coefficient (Wildman–Crippen LogP) is 4.58. The number of carbonyl (C=O) groups excluding carboxylic acids is 1. The van der Waals surface area contributed by atoms with Crippen LogP contribution < -0.4 is 14.8 Å². The molecule has 3 rings (SSSR count). The Hall–Kier alpha value is -2.86. The minimum absolute atomic E-state index is 0.229. The molecule has 0 aliphatic carbocycles. The van der Waals surface area contributed by atoms with Crippen molar-refractivity contribution in [3.8, 4) is 11.5 Å². The molecule has 1 heterocycles. The summed E-state index contributed by atoms with van der Waals surface area (Å²) in [7, 11) is 3.16. The van der Waals surface area contributed by atoms with Gasteiger partial charge in [0.2, 0.25) is 5.91 Å². The number of thiazole rings is 1. The largest absolute Gasteiger partial charge is 0.493 e. The summed E-state index contributed by atoms with van der Waals surface area (Å²) in [5.41, 5.74) is 4.07. The number of hydrogen-bond acceptors (Lipinski definition) is 5. The second-order valence-electron chi connectivity index (χ2n) is 5.89. The Bertz CT molecular complexity index is 992. The number of methoxy groups -OCH3 is 2. The van der Waals surface area contributed by atoms with Crippen LogP contribution in [-0.2, 0) is 4.79 Å². The van der Waals surface area contributed by atoms with Crippen molar-refractivity contribution < 1.29 is 14.3 Å². The molecule has 0 aliphatic rings. The van der Waals surface area contributed by atoms with Crippen molar-refractivity contribution in [3.63, 3.8) is 0 Å². The van der Waals surface area contributed by atoms with Crippen molar-refractivity contribution >= 4 is 38.7 Å². The van der Waals surface area contributed by atoms with Gasteiger partial charge in [-0.15, -0.1) is 0 Å². The lowest BCUT2D eigenvalue weighted by Crippen LogP contribution is -2.07. The smallest absolute Gasteiger partial charge is 0.250 e. The van der Waals surface area contributed by atoms with Crippen molar-refractivity contribution in [1.82, 2.24) is 4.98 Å². The second-order valence-corrected chi connectivity index (χ2v) is 6.89. The predicted molar refractivity (Wildman–Crippen MR) is 106 cm³/mol. The summed E-state index contributed by atoms with van der Waals surface area (Å²) in [5.74, 6) is 1.04. The van der Waals surface area contributed by atoms with Crippen LogP contribution in [-0.4, -0.2) is 25.1 Å². The molecule has 0 fully saturated rings. The number of anilines is 1. The van der Waals surface area contributed by atoms with Crippen LogP contribution in [0.1, 0.15) is 16.7 Å². The molecule has 26 heavy (non-hydrogen) atoms. The molecular weight excluding hydrogens is 348 g/mol. The Morgan fingerprint density at radius 1 is 1.12 bits per heavy atom. The summed E-state index contributed by atoms with van der Waals surface area (Å²) < 4.78 is 11.6. The number of benzene rings is 2. The van der Waals surface area contributed by atoms with Crippen LogP contribution in [0.3, 0.4) is 0 Å². The van der Waals surface area contributed by atoms with Crippen LogP contribution in [0, 0.1) is 13.8 Å². The van der Waals surface area contributed by atoms with Crippen LogP contribution in [0.25, 0.3) is 16.3 Å². The lowest BCUT2D eigenvalue weighted by molar-refractivity contribution is -0.111. The fraction of sp³-hybridized carbons (Fsp3) is 0.200. The van der Waals surface area contributed by atoms with E-state index < -0.39 is 0 Å². The highest BCUT2D eigenvalue weighted by Crippen LogP contribution is 2.30. The molecule has 1 N–H and O–H groups in total. The summed E-state index contributed by atoms with van der Waals surface area (Å²) in [6.45, 7) is 4.09. The fourth-order valence-electron chi connectivity index (χ4n) is 2.71. The number of rotatable bonds is 5. The summed E-state index contributed by atoms with van der Waals surface area (Å²) in [4.78, 5) is 16.7. The van der Waals surface area contributed by atoms with E-state index in [0.717, 1.165) is 21.3 Å². The minimum atomic E-state index is -0.229. The molecule has 0 atom stereocenters. The lowest BCUT2D eigenvalue weighted by Gasteiger charge is -2.07. The number of aromatic nitrogens is 1. The molecule has 0 unspecified atom stereocenters. The van der Waals surface area contributed by atoms with Crippen LogP contribution in [0.15, 0.2) is 36.4 Å². The average Bonchev–Trinajstić information content (AvgIpc) is 3.02. The van der Waals surface area contributed by atoms with E-state index in [1.807, 2.05) is 25.1 Å². The van der Waals surface area contributed by atoms with Crippen LogP contribution in [0.5, 0.6) is 11.5 Å². The maximum absolute atomic E-state index is 12.2. The van der Waals surface area contributed by atoms with E-state index in [9.17, 15) is 4.79 Å². The molecule has 0 spiro atoms. The Morgan fingerprint density at radius 3 is 2.62 bits per heavy atom. The number of nitrogens with one attached hydrogen (secondary N) is 1. The van der Waals surface area contributed by atoms with Gasteiger partial charge in [-0.3, -0.25) is 10.1 Å². The van der Waals surface area contributed by atoms with Crippen molar-refractivity contribution in [1.29, 1.82) is 0 Å². The maximum atomic E-state index is 12.2. The van der Waals surface area contributed by atoms with Crippen molar-refractivity contribution in [2.45, 2.75) is 13.8 Å². The highest BCUT2D eigenvalue weighted by atomic mass is 32.1. The standard InChI is InChI=1S/C20H20N2O3S/c1-12-9-13(2)19-15(10-12)21-20(26-19)22-18(23)8-6-14-5-7-16(24-3)17(11-14)25-4/h5-11H,1-4H3,(H,21,22,23)/b8-6+. The second kappa shape index (κ2) is 7.58. The zero-order valence-electron chi connectivity index (χ0n) is 15.1. The van der Waals surface area contributed by atoms with Gasteiger partial charge in [0.15, 0.2) is 16.6 Å². The first-order valence-electron chi connectivity index (χ1n) is 8.09. The molecule has 0 radical (unpaired) electrons. The minimum Gasteiger partial charge on any atom is -0.493 e. The van der Waals surface area contributed by atoms with Gasteiger partial charge in [-0.25, -0.2) is 4.98 Å². The molecule has 0 saturated heterocycles. The summed E-state index contributed by atoms with van der Waals surface area (Å²) in [5, 5.41) is 3.42. The van der Waals surface area contributed by atoms with Crippen LogP contribution >= 0.6 is 11.3 Å². The third-order valence-electron chi connectivity index (χ3n) is 3.88. The number of hydrogen-bond donors (Lipinski definition) is 1. The first kappa shape index (κ1) is 17.9. The number of carbonyl (C=O) groups is 1. The Balaban J connectivity index is 1.74. The van der Waals surface area contributed by atoms with Gasteiger partial charge in [0.25, 0.3) is 0 Å². The Morgan fingerprint density at radius 2 is 1.88 bits per heavy atom. The number of fused-ring (bicyclic) bond motifs is 1. The molecule has 0 aliphatic heterocycles. The van der Waals surface area contributed by atoms with E-state index in [4.69, 9.17) is 9.47 Å². The van der Waals surface area contributed by atoms with E-state index in [1.165, 1.54) is 23.0 Å². The van der Waals surface area contributed by atoms with Crippen molar-refractivity contribution in [3.05, 3.63) is 53.1 Å². The summed E-state index contributed by atoms with van der Waals surface area (Å²) >= 11 is 1.48. The van der Waals surface area contributed by atoms with Gasteiger partial charge in [0.1, 0.15) is 0 Å². The van der Waals surface area contributed by atoms with Gasteiger partial charge in [-0.1, -0.05) is 23.5 Å². The van der Waals surface area contributed by atoms with E-state index in [-0.39, 0.29) is 5.91 Å². The Kier molecular flexibility index (Phi) is 5.23. The zero-order valence-corrected chi connectivity index (χ0v) is 15.9. The summed E-state index contributed by atoms with van der Waals surface area (Å²) in [6.07, 6.45) is 3.20. The molecule has 1 amide bonds. The third-order valence-corrected chi connectivity index (χ3v) is 5.01. The number of nitrogens with zero attached hydrogens (tertiary/aromatic N) is 1. The average molecular weight is 368 g/mol. The molecular formula is C20H20N2O3S. The van der Waals surface area contributed by atoms with Gasteiger partial charge in [-0.2, -0.15) is 0 Å². The van der Waals surface area contributed by atoms with Crippen molar-refractivity contribution in [2.75, 3.05) is 19.5 Å². The van der Waals surface area contributed by atoms with Crippen LogP contribution in [0.2, 0.25) is 0 Å². The van der Waals surface area contributed by atoms with Gasteiger partial charge < -0.3 is 9.47 Å². The van der Waals surface area contributed by atoms with E-state index >= 15 is 0 Å². The highest BCUT2D eigenvalue weighted by Gasteiger charge is 2.09. The molecule has 5 nitrogen and oxygen atoms in total. The number of aryl methyl sites for hydroxylation is 2. The first-order valence-corrected chi connectivity index (χ1v) is 8.90. The molecule has 3 aromatic rings. The monoisotopic (exact) mass is 368 g/mol. The molecule has 6 heteroatoms. The Labute approximate surface area is 156 Å². The first-order chi connectivity index (χ1) is 12.5. The van der Waals surface area contributed by atoms with Crippen molar-refractivity contribution in [2.24, 2.45) is 0 Å². The molecule has 0 bridgehead atoms. The SMILES string of the molecule is COc1ccc(/C=C/C(=O)Nc2nc3cc(C)cc(C)c3s2)cc1OC. The molecule has 1 aromatic heterocycles. The normalized spacial score (nSPS) is 11.1. The quantitative estimate of drug-likeness (QED) is 0.670. The molecule has 2 aromatic carbocycles. The van der Waals surface area contributed by atoms with E-state index in [2.05, 4.69) is 23.3 Å².